The lowest BCUT2D eigenvalue weighted by Gasteiger charge is -2.40. The number of rotatable bonds is 1. The molecule has 0 aliphatic carbocycles. The molecule has 6 rings (SSSR count). The zero-order chi connectivity index (χ0) is 25.7. The van der Waals surface area contributed by atoms with E-state index in [9.17, 15) is 10.1 Å². The molecule has 3 aliphatic rings. The van der Waals surface area contributed by atoms with Gasteiger partial charge in [0.1, 0.15) is 17.1 Å². The lowest BCUT2D eigenvalue weighted by molar-refractivity contribution is -0.121. The van der Waals surface area contributed by atoms with E-state index in [-0.39, 0.29) is 17.4 Å². The Morgan fingerprint density at radius 2 is 1.78 bits per heavy atom. The maximum atomic E-state index is 14.9. The fourth-order valence-electron chi connectivity index (χ4n) is 6.34. The molecule has 1 amide bonds. The molecule has 0 unspecified atom stereocenters. The van der Waals surface area contributed by atoms with Crippen LogP contribution in [0.5, 0.6) is 5.88 Å². The molecule has 36 heavy (non-hydrogen) atoms. The highest BCUT2D eigenvalue weighted by Gasteiger charge is 2.64. The molecule has 0 fully saturated rings. The van der Waals surface area contributed by atoms with Crippen molar-refractivity contribution in [3.63, 3.8) is 0 Å². The summed E-state index contributed by atoms with van der Waals surface area (Å²) in [5, 5.41) is 15.3. The third-order valence-electron chi connectivity index (χ3n) is 7.85. The van der Waals surface area contributed by atoms with Crippen LogP contribution in [0.3, 0.4) is 0 Å². The number of amides is 1. The first kappa shape index (κ1) is 22.2. The molecule has 7 nitrogen and oxygen atoms in total. The Morgan fingerprint density at radius 1 is 1.08 bits per heavy atom. The molecular weight excluding hydrogens is 450 g/mol. The first-order valence-corrected chi connectivity index (χ1v) is 12.0. The molecule has 1 spiro atoms. The van der Waals surface area contributed by atoms with Crippen LogP contribution < -0.4 is 15.4 Å². The predicted octanol–water partition coefficient (Wildman–Crippen LogP) is 4.71. The van der Waals surface area contributed by atoms with Crippen LogP contribution in [0.15, 0.2) is 53.9 Å². The molecule has 2 N–H and O–H groups in total. The zero-order valence-corrected chi connectivity index (χ0v) is 21.2. The molecule has 7 heteroatoms. The number of hydrogen-bond donors (Lipinski definition) is 1. The number of benzene rings is 2. The Hall–Kier alpha value is -4.31. The Bertz CT molecular complexity index is 1620. The lowest BCUT2D eigenvalue weighted by Crippen LogP contribution is -2.53. The Morgan fingerprint density at radius 3 is 2.44 bits per heavy atom. The minimum atomic E-state index is -1.46. The van der Waals surface area contributed by atoms with E-state index in [1.807, 2.05) is 69.9 Å². The number of nitrogens with two attached hydrogens (primary N) is 1. The number of ether oxygens (including phenoxy) is 1. The molecule has 0 radical (unpaired) electrons. The second-order valence-corrected chi connectivity index (χ2v) is 10.4. The summed E-state index contributed by atoms with van der Waals surface area (Å²) in [6.45, 7) is 12.0. The molecule has 0 bridgehead atoms. The van der Waals surface area contributed by atoms with Crippen molar-refractivity contribution in [3.8, 4) is 17.6 Å². The van der Waals surface area contributed by atoms with Crippen LogP contribution in [-0.4, -0.2) is 21.2 Å². The SMILES string of the molecule is CC1=CC(C)(C)N2C(=O)[C@@]3(C(C#N)=C(N)Oc4c3c(C)nn4-c3ccccc3)c3c(C)c(C)cc1c32. The minimum absolute atomic E-state index is 0.0765. The van der Waals surface area contributed by atoms with Crippen molar-refractivity contribution in [2.24, 2.45) is 5.73 Å². The van der Waals surface area contributed by atoms with Crippen molar-refractivity contribution in [1.82, 2.24) is 9.78 Å². The van der Waals surface area contributed by atoms with Gasteiger partial charge in [-0.05, 0) is 76.4 Å². The molecule has 1 aromatic heterocycles. The highest BCUT2D eigenvalue weighted by Crippen LogP contribution is 2.61. The monoisotopic (exact) mass is 477 g/mol. The van der Waals surface area contributed by atoms with Crippen molar-refractivity contribution in [3.05, 3.63) is 87.4 Å². The molecule has 2 aromatic carbocycles. The Balaban J connectivity index is 1.82. The predicted molar refractivity (Wildman–Crippen MR) is 138 cm³/mol. The fourth-order valence-corrected chi connectivity index (χ4v) is 6.34. The summed E-state index contributed by atoms with van der Waals surface area (Å²) < 4.78 is 7.77. The van der Waals surface area contributed by atoms with Crippen LogP contribution >= 0.6 is 0 Å². The van der Waals surface area contributed by atoms with Crippen molar-refractivity contribution >= 4 is 17.2 Å². The van der Waals surface area contributed by atoms with E-state index >= 15 is 0 Å². The van der Waals surface area contributed by atoms with Crippen molar-refractivity contribution in [2.75, 3.05) is 4.90 Å². The van der Waals surface area contributed by atoms with E-state index in [1.165, 1.54) is 0 Å². The Labute approximate surface area is 210 Å². The van der Waals surface area contributed by atoms with E-state index in [0.717, 1.165) is 39.2 Å². The molecule has 3 aromatic rings. The molecule has 1 atom stereocenters. The quantitative estimate of drug-likeness (QED) is 0.547. The largest absolute Gasteiger partial charge is 0.422 e. The normalized spacial score (nSPS) is 21.2. The van der Waals surface area contributed by atoms with Gasteiger partial charge in [-0.15, -0.1) is 0 Å². The van der Waals surface area contributed by atoms with Crippen LogP contribution in [0, 0.1) is 32.1 Å². The topological polar surface area (TPSA) is 97.2 Å². The van der Waals surface area contributed by atoms with Crippen molar-refractivity contribution in [2.45, 2.75) is 52.5 Å². The minimum Gasteiger partial charge on any atom is -0.422 e. The number of aryl methyl sites for hydroxylation is 2. The van der Waals surface area contributed by atoms with E-state index in [4.69, 9.17) is 15.6 Å². The number of allylic oxidation sites excluding steroid dienone is 1. The van der Waals surface area contributed by atoms with E-state index in [2.05, 4.69) is 25.1 Å². The number of hydrogen-bond acceptors (Lipinski definition) is 5. The summed E-state index contributed by atoms with van der Waals surface area (Å²) >= 11 is 0. The van der Waals surface area contributed by atoms with Crippen LogP contribution in [0.1, 0.15) is 54.3 Å². The molecule has 180 valence electrons. The molecule has 0 saturated carbocycles. The summed E-state index contributed by atoms with van der Waals surface area (Å²) in [4.78, 5) is 16.7. The maximum Gasteiger partial charge on any atom is 0.248 e. The number of aromatic nitrogens is 2. The van der Waals surface area contributed by atoms with Gasteiger partial charge in [-0.1, -0.05) is 24.3 Å². The van der Waals surface area contributed by atoms with Crippen LogP contribution in [-0.2, 0) is 10.2 Å². The summed E-state index contributed by atoms with van der Waals surface area (Å²) in [6, 6.07) is 14.0. The number of nitrogens with zero attached hydrogens (tertiary/aromatic N) is 4. The Kier molecular flexibility index (Phi) is 4.24. The van der Waals surface area contributed by atoms with Crippen LogP contribution in [0.4, 0.5) is 5.69 Å². The smallest absolute Gasteiger partial charge is 0.248 e. The fraction of sp³-hybridized carbons (Fsp3) is 0.276. The van der Waals surface area contributed by atoms with Crippen LogP contribution in [0.2, 0.25) is 0 Å². The van der Waals surface area contributed by atoms with Crippen molar-refractivity contribution in [1.29, 1.82) is 5.26 Å². The average Bonchev–Trinajstić information content (AvgIpc) is 3.29. The number of fused-ring (bicyclic) bond motifs is 3. The third-order valence-corrected chi connectivity index (χ3v) is 7.85. The van der Waals surface area contributed by atoms with Crippen molar-refractivity contribution < 1.29 is 9.53 Å². The molecule has 3 aliphatic heterocycles. The van der Waals surface area contributed by atoms with E-state index in [1.54, 1.807) is 4.68 Å². The van der Waals surface area contributed by atoms with Gasteiger partial charge in [0, 0.05) is 11.1 Å². The summed E-state index contributed by atoms with van der Waals surface area (Å²) in [6.07, 6.45) is 2.12. The van der Waals surface area contributed by atoms with Gasteiger partial charge in [0.15, 0.2) is 0 Å². The number of carbonyl (C=O) groups is 1. The third kappa shape index (κ3) is 2.41. The summed E-state index contributed by atoms with van der Waals surface area (Å²) in [5.41, 5.74) is 12.2. The molecule has 0 saturated heterocycles. The number of anilines is 1. The second-order valence-electron chi connectivity index (χ2n) is 10.4. The first-order chi connectivity index (χ1) is 17.1. The standard InChI is InChI=1S/C29H27N5O2/c1-15-12-20-16(2)13-28(5,6)33-24(20)22(17(15)3)29(27(33)35)21(14-30)25(31)36-26-23(29)18(4)32-34(26)19-10-8-7-9-11-19/h7-13H,31H2,1-6H3/t29-/m0/s1. The van der Waals surface area contributed by atoms with Crippen LogP contribution in [0.25, 0.3) is 11.3 Å². The van der Waals surface area contributed by atoms with Gasteiger partial charge in [0.05, 0.1) is 28.2 Å². The summed E-state index contributed by atoms with van der Waals surface area (Å²) in [7, 11) is 0. The maximum absolute atomic E-state index is 14.9. The highest BCUT2D eigenvalue weighted by atomic mass is 16.5. The zero-order valence-electron chi connectivity index (χ0n) is 21.2. The van der Waals surface area contributed by atoms with Gasteiger partial charge in [-0.3, -0.25) is 4.79 Å². The van der Waals surface area contributed by atoms with E-state index in [0.29, 0.717) is 17.1 Å². The molecular formula is C29H27N5O2. The number of carbonyl (C=O) groups excluding carboxylic acids is 1. The summed E-state index contributed by atoms with van der Waals surface area (Å²) in [5.74, 6) is 0.0777. The van der Waals surface area contributed by atoms with E-state index < -0.39 is 11.0 Å². The van der Waals surface area contributed by atoms with Gasteiger partial charge in [-0.25, -0.2) is 4.68 Å². The highest BCUT2D eigenvalue weighted by molar-refractivity contribution is 6.18. The number of nitriles is 1. The van der Waals surface area contributed by atoms with Gasteiger partial charge in [-0.2, -0.15) is 10.4 Å². The first-order valence-electron chi connectivity index (χ1n) is 12.0. The molecule has 4 heterocycles. The number of para-hydroxylation sites is 1. The lowest BCUT2D eigenvalue weighted by atomic mass is 9.67. The van der Waals surface area contributed by atoms with Gasteiger partial charge >= 0.3 is 0 Å². The average molecular weight is 478 g/mol. The second kappa shape index (κ2) is 6.88. The van der Waals surface area contributed by atoms with Gasteiger partial charge in [0.2, 0.25) is 17.7 Å². The van der Waals surface area contributed by atoms with Gasteiger partial charge in [0.25, 0.3) is 0 Å². The van der Waals surface area contributed by atoms with Gasteiger partial charge < -0.3 is 15.4 Å².